The lowest BCUT2D eigenvalue weighted by Gasteiger charge is -2.23. The summed E-state index contributed by atoms with van der Waals surface area (Å²) in [6, 6.07) is 26.3. The van der Waals surface area contributed by atoms with E-state index in [0.717, 1.165) is 49.1 Å². The molecule has 1 saturated heterocycles. The number of carbonyl (C=O) groups is 1. The third-order valence-corrected chi connectivity index (χ3v) is 6.21. The van der Waals surface area contributed by atoms with Gasteiger partial charge in [-0.25, -0.2) is 9.37 Å². The Labute approximate surface area is 193 Å². The molecule has 0 atom stereocenters. The van der Waals surface area contributed by atoms with E-state index in [1.807, 2.05) is 41.3 Å². The van der Waals surface area contributed by atoms with E-state index in [9.17, 15) is 9.18 Å². The first-order valence-corrected chi connectivity index (χ1v) is 11.4. The number of carbonyl (C=O) groups excluding carboxylic acids is 1. The van der Waals surface area contributed by atoms with Crippen molar-refractivity contribution in [2.24, 2.45) is 0 Å². The van der Waals surface area contributed by atoms with Gasteiger partial charge >= 0.3 is 0 Å². The molecule has 3 aromatic carbocycles. The minimum Gasteiger partial charge on any atom is -0.337 e. The van der Waals surface area contributed by atoms with Crippen molar-refractivity contribution in [3.05, 3.63) is 102 Å². The number of fused-ring (bicyclic) bond motifs is 1. The average molecular weight is 440 g/mol. The maximum atomic E-state index is 13.7. The number of benzene rings is 3. The van der Waals surface area contributed by atoms with E-state index in [4.69, 9.17) is 4.98 Å². The Morgan fingerprint density at radius 3 is 2.42 bits per heavy atom. The fourth-order valence-corrected chi connectivity index (χ4v) is 4.46. The molecule has 1 aromatic heterocycles. The van der Waals surface area contributed by atoms with Crippen LogP contribution in [0, 0.1) is 5.82 Å². The molecule has 1 aliphatic heterocycles. The quantitative estimate of drug-likeness (QED) is 0.428. The normalized spacial score (nSPS) is 14.9. The molecule has 33 heavy (non-hydrogen) atoms. The van der Waals surface area contributed by atoms with E-state index in [2.05, 4.69) is 29.2 Å². The number of nitrogens with zero attached hydrogens (tertiary/aromatic N) is 3. The Balaban J connectivity index is 1.41. The van der Waals surface area contributed by atoms with Crippen LogP contribution in [-0.4, -0.2) is 46.9 Å². The SMILES string of the molecule is O=C(c1cc(-c2ccc(F)cc2)nc2ccccc12)N1CCCN(Cc2ccccc2)CC1. The maximum Gasteiger partial charge on any atom is 0.254 e. The molecule has 4 aromatic rings. The molecule has 2 heterocycles. The van der Waals surface area contributed by atoms with Crippen LogP contribution in [0.5, 0.6) is 0 Å². The van der Waals surface area contributed by atoms with Gasteiger partial charge in [0.25, 0.3) is 5.91 Å². The number of amides is 1. The van der Waals surface area contributed by atoms with E-state index < -0.39 is 0 Å². The van der Waals surface area contributed by atoms with E-state index in [-0.39, 0.29) is 11.7 Å². The lowest BCUT2D eigenvalue weighted by Crippen LogP contribution is -2.35. The number of para-hydroxylation sites is 1. The Kier molecular flexibility index (Phi) is 6.13. The molecular formula is C28H26FN3O. The first kappa shape index (κ1) is 21.3. The zero-order chi connectivity index (χ0) is 22.6. The summed E-state index contributed by atoms with van der Waals surface area (Å²) in [4.78, 5) is 22.8. The first-order valence-electron chi connectivity index (χ1n) is 11.4. The molecule has 5 heteroatoms. The smallest absolute Gasteiger partial charge is 0.254 e. The van der Waals surface area contributed by atoms with Crippen LogP contribution in [0.1, 0.15) is 22.3 Å². The van der Waals surface area contributed by atoms with Gasteiger partial charge in [0.2, 0.25) is 0 Å². The molecule has 5 rings (SSSR count). The summed E-state index contributed by atoms with van der Waals surface area (Å²) in [5.74, 6) is -0.265. The molecule has 0 bridgehead atoms. The molecule has 4 nitrogen and oxygen atoms in total. The topological polar surface area (TPSA) is 36.4 Å². The molecule has 0 unspecified atom stereocenters. The van der Waals surface area contributed by atoms with E-state index >= 15 is 0 Å². The van der Waals surface area contributed by atoms with Crippen molar-refractivity contribution < 1.29 is 9.18 Å². The van der Waals surface area contributed by atoms with Gasteiger partial charge in [-0.2, -0.15) is 0 Å². The minimum atomic E-state index is -0.291. The van der Waals surface area contributed by atoms with Crippen molar-refractivity contribution in [2.45, 2.75) is 13.0 Å². The Morgan fingerprint density at radius 1 is 0.848 bits per heavy atom. The zero-order valence-electron chi connectivity index (χ0n) is 18.5. The highest BCUT2D eigenvalue weighted by Crippen LogP contribution is 2.26. The van der Waals surface area contributed by atoms with Crippen LogP contribution in [0.3, 0.4) is 0 Å². The van der Waals surface area contributed by atoms with Gasteiger partial charge in [-0.05, 0) is 48.4 Å². The average Bonchev–Trinajstić information content (AvgIpc) is 3.09. The Bertz CT molecular complexity index is 1260. The van der Waals surface area contributed by atoms with Crippen molar-refractivity contribution in [3.8, 4) is 11.3 Å². The molecule has 166 valence electrons. The lowest BCUT2D eigenvalue weighted by molar-refractivity contribution is 0.0763. The van der Waals surface area contributed by atoms with Crippen LogP contribution >= 0.6 is 0 Å². The van der Waals surface area contributed by atoms with Crippen molar-refractivity contribution in [1.29, 1.82) is 0 Å². The van der Waals surface area contributed by atoms with Gasteiger partial charge in [0.15, 0.2) is 0 Å². The second-order valence-corrected chi connectivity index (χ2v) is 8.49. The largest absolute Gasteiger partial charge is 0.337 e. The second-order valence-electron chi connectivity index (χ2n) is 8.49. The molecule has 1 amide bonds. The molecule has 1 fully saturated rings. The van der Waals surface area contributed by atoms with Crippen LogP contribution in [0.25, 0.3) is 22.2 Å². The summed E-state index contributed by atoms with van der Waals surface area (Å²) in [6.07, 6.45) is 0.937. The standard InChI is InChI=1S/C28H26FN3O/c29-23-13-11-22(12-14-23)27-19-25(24-9-4-5-10-26(24)30-27)28(33)32-16-6-15-31(17-18-32)20-21-7-2-1-3-8-21/h1-5,7-14,19H,6,15-18,20H2. The maximum absolute atomic E-state index is 13.7. The van der Waals surface area contributed by atoms with Crippen LogP contribution in [0.4, 0.5) is 4.39 Å². The number of halogens is 1. The Morgan fingerprint density at radius 2 is 1.61 bits per heavy atom. The predicted octanol–water partition coefficient (Wildman–Crippen LogP) is 5.39. The zero-order valence-corrected chi connectivity index (χ0v) is 18.5. The third kappa shape index (κ3) is 4.78. The van der Waals surface area contributed by atoms with Gasteiger partial charge < -0.3 is 4.90 Å². The predicted molar refractivity (Wildman–Crippen MR) is 129 cm³/mol. The molecule has 0 spiro atoms. The third-order valence-electron chi connectivity index (χ3n) is 6.21. The lowest BCUT2D eigenvalue weighted by atomic mass is 10.0. The van der Waals surface area contributed by atoms with Crippen molar-refractivity contribution in [1.82, 2.24) is 14.8 Å². The van der Waals surface area contributed by atoms with Crippen LogP contribution in [0.2, 0.25) is 0 Å². The van der Waals surface area contributed by atoms with Crippen molar-refractivity contribution >= 4 is 16.8 Å². The monoisotopic (exact) mass is 439 g/mol. The molecule has 1 aliphatic rings. The molecular weight excluding hydrogens is 413 g/mol. The number of pyridine rings is 1. The minimum absolute atomic E-state index is 0.0264. The van der Waals surface area contributed by atoms with Gasteiger partial charge in [-0.3, -0.25) is 9.69 Å². The van der Waals surface area contributed by atoms with E-state index in [0.29, 0.717) is 17.8 Å². The molecule has 0 N–H and O–H groups in total. The van der Waals surface area contributed by atoms with E-state index in [1.165, 1.54) is 17.7 Å². The fraction of sp³-hybridized carbons (Fsp3) is 0.214. The van der Waals surface area contributed by atoms with Crippen LogP contribution < -0.4 is 0 Å². The number of hydrogen-bond acceptors (Lipinski definition) is 3. The summed E-state index contributed by atoms with van der Waals surface area (Å²) < 4.78 is 13.4. The van der Waals surface area contributed by atoms with Crippen molar-refractivity contribution in [3.63, 3.8) is 0 Å². The summed E-state index contributed by atoms with van der Waals surface area (Å²) >= 11 is 0. The molecule has 0 aliphatic carbocycles. The summed E-state index contributed by atoms with van der Waals surface area (Å²) in [6.45, 7) is 4.13. The van der Waals surface area contributed by atoms with Gasteiger partial charge in [0.1, 0.15) is 5.82 Å². The second kappa shape index (κ2) is 9.51. The fourth-order valence-electron chi connectivity index (χ4n) is 4.46. The van der Waals surface area contributed by atoms with Crippen molar-refractivity contribution in [2.75, 3.05) is 26.2 Å². The highest BCUT2D eigenvalue weighted by Gasteiger charge is 2.23. The summed E-state index contributed by atoms with van der Waals surface area (Å²) in [5, 5.41) is 0.846. The molecule has 0 saturated carbocycles. The summed E-state index contributed by atoms with van der Waals surface area (Å²) in [5.41, 5.74) is 4.18. The highest BCUT2D eigenvalue weighted by molar-refractivity contribution is 6.07. The molecule has 0 radical (unpaired) electrons. The van der Waals surface area contributed by atoms with Gasteiger partial charge in [0.05, 0.1) is 16.8 Å². The number of hydrogen-bond donors (Lipinski definition) is 0. The summed E-state index contributed by atoms with van der Waals surface area (Å²) in [7, 11) is 0. The Hall–Kier alpha value is -3.57. The van der Waals surface area contributed by atoms with Gasteiger partial charge in [-0.15, -0.1) is 0 Å². The highest BCUT2D eigenvalue weighted by atomic mass is 19.1. The van der Waals surface area contributed by atoms with Gasteiger partial charge in [0, 0.05) is 43.7 Å². The van der Waals surface area contributed by atoms with Gasteiger partial charge in [-0.1, -0.05) is 48.5 Å². The number of aromatic nitrogens is 1. The number of rotatable bonds is 4. The van der Waals surface area contributed by atoms with Crippen LogP contribution in [-0.2, 0) is 6.54 Å². The van der Waals surface area contributed by atoms with Crippen LogP contribution in [0.15, 0.2) is 84.9 Å². The first-order chi connectivity index (χ1) is 16.2. The van der Waals surface area contributed by atoms with E-state index in [1.54, 1.807) is 12.1 Å².